The molecule has 3 heterocycles. The Bertz CT molecular complexity index is 1770. The highest BCUT2D eigenvalue weighted by molar-refractivity contribution is 6.05. The van der Waals surface area contributed by atoms with E-state index in [0.717, 1.165) is 34.2 Å². The van der Waals surface area contributed by atoms with Crippen LogP contribution in [0.1, 0.15) is 48.8 Å². The van der Waals surface area contributed by atoms with Gasteiger partial charge in [-0.3, -0.25) is 4.79 Å². The number of imidazole rings is 1. The second-order valence-electron chi connectivity index (χ2n) is 9.75. The van der Waals surface area contributed by atoms with Crippen LogP contribution < -0.4 is 5.32 Å². The van der Waals surface area contributed by atoms with E-state index in [-0.39, 0.29) is 11.3 Å². The van der Waals surface area contributed by atoms with E-state index in [9.17, 15) is 22.8 Å². The number of nitrogens with one attached hydrogen (secondary N) is 2. The lowest BCUT2D eigenvalue weighted by Crippen LogP contribution is -2.16. The number of nitrogens with zero attached hydrogens (tertiary/aromatic N) is 3. The van der Waals surface area contributed by atoms with E-state index in [0.29, 0.717) is 35.6 Å². The van der Waals surface area contributed by atoms with Crippen molar-refractivity contribution in [3.05, 3.63) is 106 Å². The first-order valence-electron chi connectivity index (χ1n) is 12.7. The maximum absolute atomic E-state index is 13.7. The van der Waals surface area contributed by atoms with E-state index >= 15 is 0 Å². The van der Waals surface area contributed by atoms with Crippen molar-refractivity contribution in [2.75, 3.05) is 12.4 Å². The molecule has 0 atom stereocenters. The summed E-state index contributed by atoms with van der Waals surface area (Å²) in [6.07, 6.45) is 1.35. The number of esters is 1. The minimum absolute atomic E-state index is 0.122. The number of methoxy groups -OCH3 is 1. The predicted octanol–water partition coefficient (Wildman–Crippen LogP) is 6.21. The van der Waals surface area contributed by atoms with Crippen LogP contribution in [0, 0.1) is 13.8 Å². The van der Waals surface area contributed by atoms with Gasteiger partial charge >= 0.3 is 12.1 Å². The Labute approximate surface area is 233 Å². The van der Waals surface area contributed by atoms with E-state index in [4.69, 9.17) is 4.74 Å². The van der Waals surface area contributed by atoms with Crippen molar-refractivity contribution >= 4 is 28.6 Å². The molecular weight excluding hydrogens is 535 g/mol. The Morgan fingerprint density at radius 1 is 1.00 bits per heavy atom. The third kappa shape index (κ3) is 6.13. The van der Waals surface area contributed by atoms with Crippen LogP contribution in [0.2, 0.25) is 0 Å². The molecule has 2 aromatic carbocycles. The number of rotatable bonds is 7. The van der Waals surface area contributed by atoms with Gasteiger partial charge in [-0.15, -0.1) is 0 Å². The van der Waals surface area contributed by atoms with Crippen LogP contribution in [-0.4, -0.2) is 38.5 Å². The average Bonchev–Trinajstić information content (AvgIpc) is 3.58. The van der Waals surface area contributed by atoms with Crippen LogP contribution in [0.3, 0.4) is 0 Å². The number of ether oxygens (including phenoxy) is 1. The van der Waals surface area contributed by atoms with E-state index < -0.39 is 23.6 Å². The van der Waals surface area contributed by atoms with Gasteiger partial charge in [0.2, 0.25) is 0 Å². The van der Waals surface area contributed by atoms with Gasteiger partial charge in [-0.25, -0.2) is 14.8 Å². The quantitative estimate of drug-likeness (QED) is 0.230. The first-order chi connectivity index (χ1) is 19.5. The van der Waals surface area contributed by atoms with Crippen molar-refractivity contribution in [3.63, 3.8) is 0 Å². The number of halogens is 3. The Balaban J connectivity index is 1.34. The molecule has 11 heteroatoms. The fourth-order valence-electron chi connectivity index (χ4n) is 4.48. The Hall–Kier alpha value is -4.93. The number of pyridine rings is 1. The summed E-state index contributed by atoms with van der Waals surface area (Å²) in [6.45, 7) is 3.54. The SMILES string of the molecule is COC(=O)c1cc2cc(CCc3ccc(C)c(NC(=O)c4cc(-n5cnc(C)c5)cc(C(F)(F)F)c4)c3)cnc2[nH]1. The van der Waals surface area contributed by atoms with Crippen LogP contribution >= 0.6 is 0 Å². The molecule has 5 aromatic rings. The van der Waals surface area contributed by atoms with Gasteiger partial charge in [0.25, 0.3) is 5.91 Å². The van der Waals surface area contributed by atoms with Crippen molar-refractivity contribution in [1.29, 1.82) is 0 Å². The van der Waals surface area contributed by atoms with E-state index in [1.165, 1.54) is 24.1 Å². The molecule has 5 rings (SSSR count). The molecule has 0 aliphatic heterocycles. The molecule has 0 spiro atoms. The summed E-state index contributed by atoms with van der Waals surface area (Å²) in [6, 6.07) is 12.5. The summed E-state index contributed by atoms with van der Waals surface area (Å²) in [5.74, 6) is -1.13. The molecule has 8 nitrogen and oxygen atoms in total. The first kappa shape index (κ1) is 27.6. The molecule has 3 aromatic heterocycles. The smallest absolute Gasteiger partial charge is 0.416 e. The van der Waals surface area contributed by atoms with Crippen molar-refractivity contribution in [1.82, 2.24) is 19.5 Å². The molecule has 0 saturated carbocycles. The van der Waals surface area contributed by atoms with Crippen molar-refractivity contribution in [2.45, 2.75) is 32.9 Å². The number of aryl methyl sites for hydroxylation is 4. The number of carbonyl (C=O) groups is 2. The van der Waals surface area contributed by atoms with Crippen molar-refractivity contribution in [3.8, 4) is 5.69 Å². The number of benzene rings is 2. The lowest BCUT2D eigenvalue weighted by Gasteiger charge is -2.14. The highest BCUT2D eigenvalue weighted by atomic mass is 19.4. The number of hydrogen-bond acceptors (Lipinski definition) is 5. The van der Waals surface area contributed by atoms with Crippen LogP contribution in [-0.2, 0) is 23.8 Å². The third-order valence-electron chi connectivity index (χ3n) is 6.70. The number of hydrogen-bond donors (Lipinski definition) is 2. The Morgan fingerprint density at radius 3 is 2.49 bits per heavy atom. The van der Waals surface area contributed by atoms with Crippen molar-refractivity contribution < 1.29 is 27.5 Å². The maximum atomic E-state index is 13.7. The molecule has 0 fully saturated rings. The summed E-state index contributed by atoms with van der Waals surface area (Å²) < 4.78 is 47.2. The zero-order valence-electron chi connectivity index (χ0n) is 22.5. The van der Waals surface area contributed by atoms with Gasteiger partial charge in [0.1, 0.15) is 11.3 Å². The molecular formula is C30H26F3N5O3. The lowest BCUT2D eigenvalue weighted by molar-refractivity contribution is -0.137. The number of H-pyrrole nitrogens is 1. The normalized spacial score (nSPS) is 11.6. The summed E-state index contributed by atoms with van der Waals surface area (Å²) in [4.78, 5) is 36.3. The fourth-order valence-corrected chi connectivity index (χ4v) is 4.48. The zero-order valence-corrected chi connectivity index (χ0v) is 22.5. The van der Waals surface area contributed by atoms with Gasteiger partial charge in [-0.05, 0) is 79.8 Å². The number of anilines is 1. The molecule has 0 aliphatic carbocycles. The highest BCUT2D eigenvalue weighted by Crippen LogP contribution is 2.32. The molecule has 0 bridgehead atoms. The largest absolute Gasteiger partial charge is 0.464 e. The maximum Gasteiger partial charge on any atom is 0.416 e. The van der Waals surface area contributed by atoms with Gasteiger partial charge < -0.3 is 19.6 Å². The predicted molar refractivity (Wildman–Crippen MR) is 147 cm³/mol. The minimum Gasteiger partial charge on any atom is -0.464 e. The second kappa shape index (κ2) is 10.9. The lowest BCUT2D eigenvalue weighted by atomic mass is 10.0. The van der Waals surface area contributed by atoms with Gasteiger partial charge in [0.05, 0.1) is 24.7 Å². The van der Waals surface area contributed by atoms with E-state index in [1.54, 1.807) is 25.4 Å². The number of amides is 1. The van der Waals surface area contributed by atoms with Gasteiger partial charge in [0.15, 0.2) is 0 Å². The average molecular weight is 562 g/mol. The Kier molecular flexibility index (Phi) is 7.36. The highest BCUT2D eigenvalue weighted by Gasteiger charge is 2.32. The molecule has 1 amide bonds. The second-order valence-corrected chi connectivity index (χ2v) is 9.75. The van der Waals surface area contributed by atoms with Crippen LogP contribution in [0.4, 0.5) is 18.9 Å². The zero-order chi connectivity index (χ0) is 29.3. The van der Waals surface area contributed by atoms with Crippen LogP contribution in [0.15, 0.2) is 67.3 Å². The number of aromatic amines is 1. The summed E-state index contributed by atoms with van der Waals surface area (Å²) in [5.41, 5.74) is 3.82. The number of aromatic nitrogens is 4. The van der Waals surface area contributed by atoms with Gasteiger partial charge in [-0.1, -0.05) is 12.1 Å². The molecule has 0 unspecified atom stereocenters. The van der Waals surface area contributed by atoms with E-state index in [1.807, 2.05) is 31.2 Å². The molecule has 0 saturated heterocycles. The van der Waals surface area contributed by atoms with Gasteiger partial charge in [-0.2, -0.15) is 13.2 Å². The summed E-state index contributed by atoms with van der Waals surface area (Å²) >= 11 is 0. The molecule has 41 heavy (non-hydrogen) atoms. The Morgan fingerprint density at radius 2 is 1.78 bits per heavy atom. The molecule has 210 valence electrons. The number of carbonyl (C=O) groups excluding carboxylic acids is 2. The minimum atomic E-state index is -4.63. The molecule has 0 radical (unpaired) electrons. The third-order valence-corrected chi connectivity index (χ3v) is 6.70. The van der Waals surface area contributed by atoms with Crippen LogP contribution in [0.5, 0.6) is 0 Å². The first-order valence-corrected chi connectivity index (χ1v) is 12.7. The van der Waals surface area contributed by atoms with Gasteiger partial charge in [0, 0.05) is 34.7 Å². The molecule has 0 aliphatic rings. The van der Waals surface area contributed by atoms with Crippen LogP contribution in [0.25, 0.3) is 16.7 Å². The number of alkyl halides is 3. The summed E-state index contributed by atoms with van der Waals surface area (Å²) in [5, 5.41) is 3.56. The topological polar surface area (TPSA) is 102 Å². The number of fused-ring (bicyclic) bond motifs is 1. The molecule has 2 N–H and O–H groups in total. The fraction of sp³-hybridized carbons (Fsp3) is 0.200. The van der Waals surface area contributed by atoms with E-state index in [2.05, 4.69) is 20.3 Å². The standard InChI is InChI=1S/C30H26F3N5O3/c1-17-4-5-19(6-7-20-8-21-12-26(29(40)41-3)36-27(21)34-14-20)9-25(17)37-28(39)22-10-23(30(31,32)33)13-24(11-22)38-15-18(2)35-16-38/h4-5,8-16H,6-7H2,1-3H3,(H,34,36)(H,37,39). The monoisotopic (exact) mass is 561 g/mol. The summed E-state index contributed by atoms with van der Waals surface area (Å²) in [7, 11) is 1.31. The van der Waals surface area contributed by atoms with Crippen molar-refractivity contribution in [2.24, 2.45) is 0 Å².